The van der Waals surface area contributed by atoms with Crippen molar-refractivity contribution < 1.29 is 19.1 Å². The Hall–Kier alpha value is -1.26. The van der Waals surface area contributed by atoms with Crippen LogP contribution in [-0.4, -0.2) is 42.8 Å². The van der Waals surface area contributed by atoms with Crippen LogP contribution < -0.4 is 0 Å². The van der Waals surface area contributed by atoms with Gasteiger partial charge in [0.05, 0.1) is 13.2 Å². The number of rotatable bonds is 8. The Labute approximate surface area is 121 Å². The lowest BCUT2D eigenvalue weighted by molar-refractivity contribution is -0.148. The summed E-state index contributed by atoms with van der Waals surface area (Å²) in [7, 11) is 0. The van der Waals surface area contributed by atoms with Crippen molar-refractivity contribution in [2.75, 3.05) is 19.8 Å². The molecule has 1 amide bonds. The first kappa shape index (κ1) is 16.8. The van der Waals surface area contributed by atoms with Crippen molar-refractivity contribution in [1.82, 2.24) is 4.90 Å². The highest BCUT2D eigenvalue weighted by atomic mass is 16.6. The Kier molecular flexibility index (Phi) is 8.07. The van der Waals surface area contributed by atoms with E-state index in [2.05, 4.69) is 6.92 Å². The summed E-state index contributed by atoms with van der Waals surface area (Å²) in [5.41, 5.74) is 0. The van der Waals surface area contributed by atoms with Crippen LogP contribution in [-0.2, 0) is 14.3 Å². The normalized spacial score (nSPS) is 18.1. The molecule has 0 N–H and O–H groups in total. The molecule has 1 saturated heterocycles. The molecule has 5 heteroatoms. The number of nitrogens with zero attached hydrogens (tertiary/aromatic N) is 1. The number of carbonyl (C=O) groups excluding carboxylic acids is 2. The summed E-state index contributed by atoms with van der Waals surface area (Å²) in [4.78, 5) is 25.4. The molecule has 0 bridgehead atoms. The highest BCUT2D eigenvalue weighted by Gasteiger charge is 2.36. The molecule has 0 spiro atoms. The summed E-state index contributed by atoms with van der Waals surface area (Å²) in [6, 6.07) is -0.453. The van der Waals surface area contributed by atoms with Gasteiger partial charge in [0.2, 0.25) is 0 Å². The van der Waals surface area contributed by atoms with Gasteiger partial charge in [-0.1, -0.05) is 33.1 Å². The van der Waals surface area contributed by atoms with E-state index in [1.165, 1.54) is 4.90 Å². The van der Waals surface area contributed by atoms with Crippen molar-refractivity contribution in [3.63, 3.8) is 0 Å². The van der Waals surface area contributed by atoms with Crippen LogP contribution in [0.3, 0.4) is 0 Å². The number of ether oxygens (including phenoxy) is 2. The Balaban J connectivity index is 2.35. The van der Waals surface area contributed by atoms with E-state index >= 15 is 0 Å². The monoisotopic (exact) mass is 285 g/mol. The highest BCUT2D eigenvalue weighted by molar-refractivity contribution is 5.82. The van der Waals surface area contributed by atoms with Crippen LogP contribution in [0, 0.1) is 0 Å². The van der Waals surface area contributed by atoms with Crippen LogP contribution in [0.1, 0.15) is 58.8 Å². The number of carbonyl (C=O) groups is 2. The largest absolute Gasteiger partial charge is 0.464 e. The summed E-state index contributed by atoms with van der Waals surface area (Å²) in [6.45, 7) is 5.60. The Bertz CT molecular complexity index is 306. The number of likely N-dealkylation sites (tertiary alicyclic amines) is 1. The van der Waals surface area contributed by atoms with Crippen molar-refractivity contribution in [1.29, 1.82) is 0 Å². The average molecular weight is 285 g/mol. The zero-order valence-electron chi connectivity index (χ0n) is 12.7. The number of hydrogen-bond acceptors (Lipinski definition) is 4. The van der Waals surface area contributed by atoms with Gasteiger partial charge >= 0.3 is 12.1 Å². The van der Waals surface area contributed by atoms with Crippen molar-refractivity contribution >= 4 is 12.1 Å². The average Bonchev–Trinajstić information content (AvgIpc) is 2.93. The third-order valence-electron chi connectivity index (χ3n) is 3.48. The van der Waals surface area contributed by atoms with Crippen molar-refractivity contribution in [2.45, 2.75) is 64.8 Å². The highest BCUT2D eigenvalue weighted by Crippen LogP contribution is 2.19. The maximum absolute atomic E-state index is 12.0. The van der Waals surface area contributed by atoms with Gasteiger partial charge in [0, 0.05) is 6.54 Å². The van der Waals surface area contributed by atoms with E-state index in [9.17, 15) is 9.59 Å². The molecule has 1 unspecified atom stereocenters. The zero-order valence-corrected chi connectivity index (χ0v) is 12.7. The van der Waals surface area contributed by atoms with E-state index < -0.39 is 6.04 Å². The second-order valence-electron chi connectivity index (χ2n) is 5.19. The van der Waals surface area contributed by atoms with Gasteiger partial charge in [0.25, 0.3) is 0 Å². The number of esters is 1. The molecule has 0 radical (unpaired) electrons. The lowest BCUT2D eigenvalue weighted by Crippen LogP contribution is -2.41. The number of hydrogen-bond donors (Lipinski definition) is 0. The van der Waals surface area contributed by atoms with Gasteiger partial charge in [-0.05, 0) is 25.7 Å². The predicted molar refractivity (Wildman–Crippen MR) is 76.5 cm³/mol. The van der Waals surface area contributed by atoms with E-state index in [0.29, 0.717) is 26.2 Å². The van der Waals surface area contributed by atoms with E-state index in [0.717, 1.165) is 38.5 Å². The Morgan fingerprint density at radius 2 is 1.75 bits per heavy atom. The van der Waals surface area contributed by atoms with Gasteiger partial charge in [-0.25, -0.2) is 9.59 Å². The fourth-order valence-corrected chi connectivity index (χ4v) is 2.24. The molecule has 0 aliphatic carbocycles. The van der Waals surface area contributed by atoms with Crippen LogP contribution >= 0.6 is 0 Å². The van der Waals surface area contributed by atoms with Crippen LogP contribution in [0.25, 0.3) is 0 Å². The summed E-state index contributed by atoms with van der Waals surface area (Å²) in [5, 5.41) is 0. The van der Waals surface area contributed by atoms with Crippen molar-refractivity contribution in [2.24, 2.45) is 0 Å². The quantitative estimate of drug-likeness (QED) is 0.508. The molecule has 1 rings (SSSR count). The van der Waals surface area contributed by atoms with Crippen LogP contribution in [0.4, 0.5) is 4.79 Å². The summed E-state index contributed by atoms with van der Waals surface area (Å²) < 4.78 is 10.4. The molecular weight excluding hydrogens is 258 g/mol. The minimum absolute atomic E-state index is 0.286. The molecule has 20 heavy (non-hydrogen) atoms. The molecule has 1 fully saturated rings. The molecule has 0 aromatic heterocycles. The zero-order chi connectivity index (χ0) is 14.8. The first-order valence-electron chi connectivity index (χ1n) is 7.80. The standard InChI is InChI=1S/C15H27NO4/c1-3-5-7-12-19-14(17)13-9-8-10-16(13)15(18)20-11-6-4-2/h13H,3-12H2,1-2H3. The smallest absolute Gasteiger partial charge is 0.410 e. The molecule has 1 heterocycles. The number of unbranched alkanes of at least 4 members (excludes halogenated alkanes) is 3. The molecule has 1 aliphatic rings. The van der Waals surface area contributed by atoms with Gasteiger partial charge in [-0.15, -0.1) is 0 Å². The second-order valence-corrected chi connectivity index (χ2v) is 5.19. The third-order valence-corrected chi connectivity index (χ3v) is 3.48. The minimum atomic E-state index is -0.453. The molecule has 1 aliphatic heterocycles. The van der Waals surface area contributed by atoms with Gasteiger partial charge in [-0.3, -0.25) is 4.90 Å². The van der Waals surface area contributed by atoms with E-state index in [1.54, 1.807) is 0 Å². The maximum Gasteiger partial charge on any atom is 0.410 e. The molecule has 0 saturated carbocycles. The Morgan fingerprint density at radius 1 is 1.05 bits per heavy atom. The van der Waals surface area contributed by atoms with Crippen LogP contribution in [0.5, 0.6) is 0 Å². The summed E-state index contributed by atoms with van der Waals surface area (Å²) >= 11 is 0. The minimum Gasteiger partial charge on any atom is -0.464 e. The SMILES string of the molecule is CCCCCOC(=O)C1CCCN1C(=O)OCCCC. The third kappa shape index (κ3) is 5.39. The van der Waals surface area contributed by atoms with E-state index in [4.69, 9.17) is 9.47 Å². The van der Waals surface area contributed by atoms with Crippen LogP contribution in [0.15, 0.2) is 0 Å². The maximum atomic E-state index is 12.0. The Morgan fingerprint density at radius 3 is 2.45 bits per heavy atom. The van der Waals surface area contributed by atoms with Gasteiger partial charge in [-0.2, -0.15) is 0 Å². The van der Waals surface area contributed by atoms with Gasteiger partial charge in [0.15, 0.2) is 0 Å². The predicted octanol–water partition coefficient (Wildman–Crippen LogP) is 3.12. The fourth-order valence-electron chi connectivity index (χ4n) is 2.24. The lowest BCUT2D eigenvalue weighted by atomic mass is 10.2. The fraction of sp³-hybridized carbons (Fsp3) is 0.867. The first-order valence-corrected chi connectivity index (χ1v) is 7.80. The first-order chi connectivity index (χ1) is 9.70. The van der Waals surface area contributed by atoms with Gasteiger partial charge < -0.3 is 9.47 Å². The van der Waals surface area contributed by atoms with Crippen molar-refractivity contribution in [3.05, 3.63) is 0 Å². The second kappa shape index (κ2) is 9.61. The van der Waals surface area contributed by atoms with E-state index in [1.807, 2.05) is 6.92 Å². The molecular formula is C15H27NO4. The molecule has 5 nitrogen and oxygen atoms in total. The summed E-state index contributed by atoms with van der Waals surface area (Å²) in [6.07, 6.45) is 5.99. The molecule has 0 aromatic rings. The van der Waals surface area contributed by atoms with Crippen molar-refractivity contribution in [3.8, 4) is 0 Å². The topological polar surface area (TPSA) is 55.8 Å². The molecule has 0 aromatic carbocycles. The number of amides is 1. The summed E-state index contributed by atoms with van der Waals surface area (Å²) in [5.74, 6) is -0.286. The molecule has 1 atom stereocenters. The van der Waals surface area contributed by atoms with Gasteiger partial charge in [0.1, 0.15) is 6.04 Å². The lowest BCUT2D eigenvalue weighted by Gasteiger charge is -2.22. The molecule has 116 valence electrons. The van der Waals surface area contributed by atoms with Crippen LogP contribution in [0.2, 0.25) is 0 Å². The van der Waals surface area contributed by atoms with E-state index in [-0.39, 0.29) is 12.1 Å².